The summed E-state index contributed by atoms with van der Waals surface area (Å²) in [5.74, 6) is -3.91. The highest BCUT2D eigenvalue weighted by Crippen LogP contribution is 2.14. The predicted octanol–water partition coefficient (Wildman–Crippen LogP) is 4.94. The van der Waals surface area contributed by atoms with Crippen molar-refractivity contribution in [1.29, 1.82) is 0 Å². The summed E-state index contributed by atoms with van der Waals surface area (Å²) in [7, 11) is -4.30. The highest BCUT2D eigenvalue weighted by Gasteiger charge is 2.22. The van der Waals surface area contributed by atoms with Crippen LogP contribution < -0.4 is 20.7 Å². The third-order valence-electron chi connectivity index (χ3n) is 6.69. The molecule has 10 nitrogen and oxygen atoms in total. The zero-order valence-electron chi connectivity index (χ0n) is 24.9. The second-order valence-corrected chi connectivity index (χ2v) is 12.1. The van der Waals surface area contributed by atoms with Gasteiger partial charge in [-0.05, 0) is 37.1 Å². The minimum atomic E-state index is -4.30. The number of sulfonamides is 1. The van der Waals surface area contributed by atoms with E-state index in [1.807, 2.05) is 0 Å². The molecule has 1 rings (SSSR count). The largest absolute Gasteiger partial charge is 0.348 e. The first-order valence-electron chi connectivity index (χ1n) is 15.3. The molecule has 4 amide bonds. The summed E-state index contributed by atoms with van der Waals surface area (Å²) >= 11 is 0. The van der Waals surface area contributed by atoms with Crippen LogP contribution >= 0.6 is 0 Å². The molecule has 0 saturated carbocycles. The average Bonchev–Trinajstić information content (AvgIpc) is 2.95. The highest BCUT2D eigenvalue weighted by molar-refractivity contribution is 7.90. The van der Waals surface area contributed by atoms with E-state index >= 15 is 0 Å². The van der Waals surface area contributed by atoms with Crippen LogP contribution in [0.5, 0.6) is 0 Å². The Hall–Kier alpha value is -2.95. The van der Waals surface area contributed by atoms with Crippen molar-refractivity contribution in [3.8, 4) is 0 Å². The second-order valence-electron chi connectivity index (χ2n) is 10.4. The number of amides is 4. The first-order valence-corrected chi connectivity index (χ1v) is 16.7. The Kier molecular flexibility index (Phi) is 19.1. The van der Waals surface area contributed by atoms with Gasteiger partial charge in [-0.3, -0.25) is 19.2 Å². The summed E-state index contributed by atoms with van der Waals surface area (Å²) < 4.78 is 26.8. The fourth-order valence-corrected chi connectivity index (χ4v) is 5.16. The van der Waals surface area contributed by atoms with E-state index in [1.54, 1.807) is 4.72 Å². The van der Waals surface area contributed by atoms with E-state index in [1.165, 1.54) is 82.1 Å². The quantitative estimate of drug-likeness (QED) is 0.117. The van der Waals surface area contributed by atoms with Crippen molar-refractivity contribution in [2.75, 3.05) is 18.4 Å². The van der Waals surface area contributed by atoms with Crippen LogP contribution in [0.15, 0.2) is 29.2 Å². The van der Waals surface area contributed by atoms with Crippen molar-refractivity contribution in [3.05, 3.63) is 24.3 Å². The van der Waals surface area contributed by atoms with Gasteiger partial charge in [0.1, 0.15) is 0 Å². The first-order chi connectivity index (χ1) is 19.7. The lowest BCUT2D eigenvalue weighted by Crippen LogP contribution is -2.42. The zero-order valence-corrected chi connectivity index (χ0v) is 25.7. The summed E-state index contributed by atoms with van der Waals surface area (Å²) in [5.41, 5.74) is 0.214. The Labute approximate surface area is 246 Å². The molecule has 0 aliphatic rings. The maximum atomic E-state index is 12.5. The Morgan fingerprint density at radius 3 is 1.37 bits per heavy atom. The molecule has 0 bridgehead atoms. The molecule has 0 spiro atoms. The molecule has 0 radical (unpaired) electrons. The molecule has 0 saturated heterocycles. The van der Waals surface area contributed by atoms with Gasteiger partial charge in [0, 0.05) is 18.8 Å². The molecule has 0 fully saturated rings. The van der Waals surface area contributed by atoms with Gasteiger partial charge in [-0.1, -0.05) is 104 Å². The van der Waals surface area contributed by atoms with E-state index in [0.29, 0.717) is 19.5 Å². The summed E-state index contributed by atoms with van der Waals surface area (Å²) in [6.07, 6.45) is 17.7. The van der Waals surface area contributed by atoms with Crippen LogP contribution in [0.25, 0.3) is 0 Å². The van der Waals surface area contributed by atoms with Crippen LogP contribution in [0.3, 0.4) is 0 Å². The molecule has 1 aromatic carbocycles. The molecule has 0 heterocycles. The van der Waals surface area contributed by atoms with Crippen LogP contribution in [0.1, 0.15) is 117 Å². The Balaban J connectivity index is 2.34. The van der Waals surface area contributed by atoms with Crippen LogP contribution in [0.4, 0.5) is 5.69 Å². The topological polar surface area (TPSA) is 151 Å². The zero-order chi connectivity index (χ0) is 30.3. The van der Waals surface area contributed by atoms with Gasteiger partial charge >= 0.3 is 23.6 Å². The molecule has 0 aliphatic carbocycles. The monoisotopic (exact) mass is 594 g/mol. The minimum absolute atomic E-state index is 0.214. The van der Waals surface area contributed by atoms with Gasteiger partial charge in [0.2, 0.25) is 0 Å². The molecule has 232 valence electrons. The summed E-state index contributed by atoms with van der Waals surface area (Å²) in [6, 6.07) is 4.93. The standard InChI is InChI=1S/C30H50N4O6S/c1-3-5-7-9-11-13-15-17-23-31-27(35)29(37)33-25-19-21-26(22-20-25)41(39,40)34-30(38)28(36)32-24-18-16-14-12-10-8-6-4-2/h19-22H,3-18,23-24H2,1-2H3,(H,31,35)(H,32,36)(H,33,37)(H,34,38). The van der Waals surface area contributed by atoms with Crippen molar-refractivity contribution in [2.45, 2.75) is 121 Å². The molecule has 11 heteroatoms. The number of carbonyl (C=O) groups is 4. The average molecular weight is 595 g/mol. The molecule has 0 aliphatic heterocycles. The van der Waals surface area contributed by atoms with Gasteiger partial charge in [0.05, 0.1) is 4.90 Å². The van der Waals surface area contributed by atoms with Gasteiger partial charge in [0.15, 0.2) is 0 Å². The smallest absolute Gasteiger partial charge is 0.322 e. The number of hydrogen-bond donors (Lipinski definition) is 4. The van der Waals surface area contributed by atoms with E-state index in [4.69, 9.17) is 0 Å². The summed E-state index contributed by atoms with van der Waals surface area (Å²) in [5, 5.41) is 7.44. The number of carbonyl (C=O) groups excluding carboxylic acids is 4. The Bertz CT molecular complexity index is 1030. The number of anilines is 1. The lowest BCUT2D eigenvalue weighted by atomic mass is 10.1. The van der Waals surface area contributed by atoms with E-state index in [-0.39, 0.29) is 10.6 Å². The van der Waals surface area contributed by atoms with E-state index < -0.39 is 33.7 Å². The predicted molar refractivity (Wildman–Crippen MR) is 162 cm³/mol. The van der Waals surface area contributed by atoms with Crippen molar-refractivity contribution in [3.63, 3.8) is 0 Å². The number of rotatable bonds is 21. The third-order valence-corrected chi connectivity index (χ3v) is 8.04. The molecular formula is C30H50N4O6S. The van der Waals surface area contributed by atoms with Gasteiger partial charge in [-0.2, -0.15) is 0 Å². The number of benzene rings is 1. The Morgan fingerprint density at radius 1 is 0.537 bits per heavy atom. The molecule has 0 unspecified atom stereocenters. The molecule has 4 N–H and O–H groups in total. The van der Waals surface area contributed by atoms with E-state index in [2.05, 4.69) is 29.8 Å². The van der Waals surface area contributed by atoms with Crippen LogP contribution in [-0.2, 0) is 29.2 Å². The molecule has 0 atom stereocenters. The molecule has 1 aromatic rings. The molecule has 0 aromatic heterocycles. The first kappa shape index (κ1) is 36.1. The van der Waals surface area contributed by atoms with E-state index in [9.17, 15) is 27.6 Å². The minimum Gasteiger partial charge on any atom is -0.348 e. The van der Waals surface area contributed by atoms with Gasteiger partial charge in [-0.25, -0.2) is 13.1 Å². The number of hydrogen-bond acceptors (Lipinski definition) is 6. The summed E-state index contributed by atoms with van der Waals surface area (Å²) in [4.78, 5) is 48.0. The fraction of sp³-hybridized carbons (Fsp3) is 0.667. The van der Waals surface area contributed by atoms with Gasteiger partial charge < -0.3 is 16.0 Å². The normalized spacial score (nSPS) is 11.1. The molecule has 41 heavy (non-hydrogen) atoms. The number of unbranched alkanes of at least 4 members (excludes halogenated alkanes) is 14. The third kappa shape index (κ3) is 16.8. The van der Waals surface area contributed by atoms with E-state index in [0.717, 1.165) is 38.5 Å². The highest BCUT2D eigenvalue weighted by atomic mass is 32.2. The van der Waals surface area contributed by atoms with Crippen LogP contribution in [0.2, 0.25) is 0 Å². The van der Waals surface area contributed by atoms with Crippen LogP contribution in [0, 0.1) is 0 Å². The maximum absolute atomic E-state index is 12.5. The van der Waals surface area contributed by atoms with Crippen molar-refractivity contribution < 1.29 is 27.6 Å². The summed E-state index contributed by atoms with van der Waals surface area (Å²) in [6.45, 7) is 5.06. The van der Waals surface area contributed by atoms with Crippen molar-refractivity contribution >= 4 is 39.3 Å². The lowest BCUT2D eigenvalue weighted by Gasteiger charge is -2.09. The maximum Gasteiger partial charge on any atom is 0.322 e. The molecular weight excluding hydrogens is 544 g/mol. The number of nitrogens with one attached hydrogen (secondary N) is 4. The second kappa shape index (κ2) is 21.8. The van der Waals surface area contributed by atoms with Crippen LogP contribution in [-0.4, -0.2) is 45.1 Å². The van der Waals surface area contributed by atoms with Crippen molar-refractivity contribution in [1.82, 2.24) is 15.4 Å². The van der Waals surface area contributed by atoms with Crippen molar-refractivity contribution in [2.24, 2.45) is 0 Å². The lowest BCUT2D eigenvalue weighted by molar-refractivity contribution is -0.138. The van der Waals surface area contributed by atoms with Gasteiger partial charge in [0.25, 0.3) is 10.0 Å². The Morgan fingerprint density at radius 2 is 0.927 bits per heavy atom. The fourth-order valence-electron chi connectivity index (χ4n) is 4.21. The van der Waals surface area contributed by atoms with Gasteiger partial charge in [-0.15, -0.1) is 0 Å². The SMILES string of the molecule is CCCCCCCCCCNC(=O)C(=O)Nc1ccc(S(=O)(=O)NC(=O)C(=O)NCCCCCCCCCC)cc1.